The fourth-order valence-corrected chi connectivity index (χ4v) is 2.38. The van der Waals surface area contributed by atoms with Crippen molar-refractivity contribution in [3.05, 3.63) is 29.0 Å². The number of aromatic nitrogens is 4. The minimum atomic E-state index is -3.20. The molecule has 0 atom stereocenters. The van der Waals surface area contributed by atoms with Crippen LogP contribution in [0.15, 0.2) is 24.3 Å². The van der Waals surface area contributed by atoms with E-state index in [9.17, 15) is 8.42 Å². The first-order valence-electron chi connectivity index (χ1n) is 6.37. The molecule has 22 heavy (non-hydrogen) atoms. The highest BCUT2D eigenvalue weighted by molar-refractivity contribution is 7.89. The van der Waals surface area contributed by atoms with Crippen LogP contribution >= 0.6 is 12.2 Å². The van der Waals surface area contributed by atoms with E-state index in [1.165, 1.54) is 7.05 Å². The molecule has 0 saturated carbocycles. The van der Waals surface area contributed by atoms with Gasteiger partial charge < -0.3 is 4.74 Å². The number of tetrazole rings is 1. The van der Waals surface area contributed by atoms with E-state index in [2.05, 4.69) is 25.6 Å². The van der Waals surface area contributed by atoms with Crippen LogP contribution in [0.2, 0.25) is 0 Å². The van der Waals surface area contributed by atoms with Gasteiger partial charge in [0.1, 0.15) is 12.5 Å². The zero-order valence-corrected chi connectivity index (χ0v) is 13.4. The Kier molecular flexibility index (Phi) is 5.60. The summed E-state index contributed by atoms with van der Waals surface area (Å²) in [5.41, 5.74) is 0.787. The summed E-state index contributed by atoms with van der Waals surface area (Å²) in [5.74, 6) is 0.642. The molecule has 2 rings (SSSR count). The zero-order chi connectivity index (χ0) is 16.0. The molecule has 0 amide bonds. The summed E-state index contributed by atoms with van der Waals surface area (Å²) in [7, 11) is -1.81. The number of hydrogen-bond donors (Lipinski definition) is 3. The maximum absolute atomic E-state index is 11.2. The summed E-state index contributed by atoms with van der Waals surface area (Å²) in [4.78, 5) is 0. The lowest BCUT2D eigenvalue weighted by molar-refractivity contribution is 0.287. The largest absolute Gasteiger partial charge is 0.478 e. The Morgan fingerprint density at radius 3 is 2.68 bits per heavy atom. The van der Waals surface area contributed by atoms with Crippen LogP contribution in [0.3, 0.4) is 0 Å². The summed E-state index contributed by atoms with van der Waals surface area (Å²) in [6.45, 7) is 0.514. The molecule has 0 spiro atoms. The predicted molar refractivity (Wildman–Crippen MR) is 82.9 cm³/mol. The van der Waals surface area contributed by atoms with Crippen molar-refractivity contribution in [2.45, 2.75) is 0 Å². The van der Waals surface area contributed by atoms with E-state index >= 15 is 0 Å². The van der Waals surface area contributed by atoms with Gasteiger partial charge >= 0.3 is 0 Å². The predicted octanol–water partition coefficient (Wildman–Crippen LogP) is -0.200. The van der Waals surface area contributed by atoms with E-state index in [4.69, 9.17) is 17.0 Å². The van der Waals surface area contributed by atoms with Gasteiger partial charge in [0.15, 0.2) is 0 Å². The first kappa shape index (κ1) is 16.5. The molecule has 0 saturated heterocycles. The SMILES string of the molecule is CNS(=O)(=O)CCNCOc1ccc(-n2[nH]nnc2=S)cc1. The average Bonchev–Trinajstić information content (AvgIpc) is 2.94. The smallest absolute Gasteiger partial charge is 0.242 e. The van der Waals surface area contributed by atoms with Crippen LogP contribution in [-0.2, 0) is 10.0 Å². The standard InChI is InChI=1S/C11H16N6O3S2/c1-12-22(18,19)7-6-13-8-20-10-4-2-9(3-5-10)17-11(21)14-15-16-17/h2-5,12-13H,6-8H2,1H3,(H,14,16,21). The van der Waals surface area contributed by atoms with Gasteiger partial charge in [-0.25, -0.2) is 17.8 Å². The number of nitrogens with one attached hydrogen (secondary N) is 3. The Morgan fingerprint density at radius 2 is 2.09 bits per heavy atom. The molecule has 0 aliphatic heterocycles. The molecule has 0 radical (unpaired) electrons. The minimum Gasteiger partial charge on any atom is -0.478 e. The van der Waals surface area contributed by atoms with Crippen LogP contribution in [0.25, 0.3) is 5.69 Å². The molecule has 11 heteroatoms. The number of hydrogen-bond acceptors (Lipinski definition) is 7. The van der Waals surface area contributed by atoms with E-state index in [1.807, 2.05) is 0 Å². The molecule has 0 aliphatic rings. The van der Waals surface area contributed by atoms with Crippen LogP contribution in [0, 0.1) is 4.77 Å². The molecule has 1 heterocycles. The van der Waals surface area contributed by atoms with Crippen molar-refractivity contribution in [3.63, 3.8) is 0 Å². The summed E-state index contributed by atoms with van der Waals surface area (Å²) in [6.07, 6.45) is 0. The Bertz CT molecular complexity index is 753. The number of benzene rings is 1. The molecular formula is C11H16N6O3S2. The van der Waals surface area contributed by atoms with Gasteiger partial charge in [-0.2, -0.15) is 5.21 Å². The van der Waals surface area contributed by atoms with E-state index in [-0.39, 0.29) is 12.5 Å². The first-order valence-corrected chi connectivity index (χ1v) is 8.43. The van der Waals surface area contributed by atoms with Crippen molar-refractivity contribution in [3.8, 4) is 11.4 Å². The molecule has 2 aromatic rings. The number of nitrogens with zero attached hydrogens (tertiary/aromatic N) is 3. The molecule has 120 valence electrons. The van der Waals surface area contributed by atoms with E-state index in [0.29, 0.717) is 17.1 Å². The third kappa shape index (κ3) is 4.59. The van der Waals surface area contributed by atoms with Gasteiger partial charge in [0, 0.05) is 6.54 Å². The molecule has 0 aliphatic carbocycles. The van der Waals surface area contributed by atoms with Crippen molar-refractivity contribution in [2.24, 2.45) is 0 Å². The van der Waals surface area contributed by atoms with Crippen LogP contribution in [0.5, 0.6) is 5.75 Å². The normalized spacial score (nSPS) is 11.5. The topological polar surface area (TPSA) is 114 Å². The van der Waals surface area contributed by atoms with Gasteiger partial charge in [-0.3, -0.25) is 5.32 Å². The van der Waals surface area contributed by atoms with Crippen LogP contribution in [-0.4, -0.2) is 54.7 Å². The van der Waals surface area contributed by atoms with Crippen LogP contribution < -0.4 is 14.8 Å². The third-order valence-electron chi connectivity index (χ3n) is 2.77. The molecule has 3 N–H and O–H groups in total. The zero-order valence-electron chi connectivity index (χ0n) is 11.8. The lowest BCUT2D eigenvalue weighted by Crippen LogP contribution is -2.31. The molecule has 1 aromatic heterocycles. The van der Waals surface area contributed by atoms with Crippen molar-refractivity contribution < 1.29 is 13.2 Å². The fourth-order valence-electron chi connectivity index (χ4n) is 1.57. The van der Waals surface area contributed by atoms with Crippen LogP contribution in [0.4, 0.5) is 0 Å². The van der Waals surface area contributed by atoms with E-state index in [0.717, 1.165) is 5.69 Å². The highest BCUT2D eigenvalue weighted by atomic mass is 32.2. The Labute approximate surface area is 132 Å². The van der Waals surface area contributed by atoms with Crippen LogP contribution in [0.1, 0.15) is 0 Å². The average molecular weight is 344 g/mol. The molecule has 0 fully saturated rings. The number of rotatable bonds is 8. The molecule has 9 nitrogen and oxygen atoms in total. The van der Waals surface area contributed by atoms with E-state index < -0.39 is 10.0 Å². The van der Waals surface area contributed by atoms with Crippen molar-refractivity contribution in [2.75, 3.05) is 26.1 Å². The van der Waals surface area contributed by atoms with Crippen molar-refractivity contribution in [1.82, 2.24) is 30.2 Å². The van der Waals surface area contributed by atoms with Gasteiger partial charge in [-0.15, -0.1) is 0 Å². The second-order valence-corrected chi connectivity index (χ2v) is 6.63. The van der Waals surface area contributed by atoms with Crippen molar-refractivity contribution >= 4 is 22.2 Å². The second-order valence-electron chi connectivity index (χ2n) is 4.22. The Morgan fingerprint density at radius 1 is 1.36 bits per heavy atom. The number of aromatic amines is 1. The highest BCUT2D eigenvalue weighted by Gasteiger charge is 2.05. The lowest BCUT2D eigenvalue weighted by Gasteiger charge is -2.08. The first-order chi connectivity index (χ1) is 10.5. The molecule has 0 unspecified atom stereocenters. The maximum Gasteiger partial charge on any atom is 0.242 e. The number of ether oxygens (including phenoxy) is 1. The van der Waals surface area contributed by atoms with Crippen molar-refractivity contribution in [1.29, 1.82) is 0 Å². The maximum atomic E-state index is 11.2. The minimum absolute atomic E-state index is 0.00310. The molecular weight excluding hydrogens is 328 g/mol. The Hall–Kier alpha value is -1.82. The summed E-state index contributed by atoms with van der Waals surface area (Å²) in [6, 6.07) is 7.14. The second kappa shape index (κ2) is 7.45. The fraction of sp³-hybridized carbons (Fsp3) is 0.364. The van der Waals surface area contributed by atoms with Gasteiger partial charge in [0.25, 0.3) is 0 Å². The Balaban J connectivity index is 1.80. The quantitative estimate of drug-likeness (QED) is 0.345. The van der Waals surface area contributed by atoms with Gasteiger partial charge in [0.05, 0.1) is 11.4 Å². The summed E-state index contributed by atoms with van der Waals surface area (Å²) < 4.78 is 32.0. The molecule has 1 aromatic carbocycles. The van der Waals surface area contributed by atoms with Gasteiger partial charge in [-0.1, -0.05) is 10.3 Å². The summed E-state index contributed by atoms with van der Waals surface area (Å²) >= 11 is 5.00. The molecule has 0 bridgehead atoms. The van der Waals surface area contributed by atoms with E-state index in [1.54, 1.807) is 28.9 Å². The number of sulfonamides is 1. The third-order valence-corrected chi connectivity index (χ3v) is 4.39. The highest BCUT2D eigenvalue weighted by Crippen LogP contribution is 2.14. The lowest BCUT2D eigenvalue weighted by atomic mass is 10.3. The summed E-state index contributed by atoms with van der Waals surface area (Å²) in [5, 5.41) is 12.8. The van der Waals surface area contributed by atoms with Gasteiger partial charge in [0.2, 0.25) is 14.8 Å². The van der Waals surface area contributed by atoms with Gasteiger partial charge in [-0.05, 0) is 43.5 Å². The monoisotopic (exact) mass is 344 g/mol. The number of H-pyrrole nitrogens is 1.